The van der Waals surface area contributed by atoms with Gasteiger partial charge in [-0.05, 0) is 54.8 Å². The highest BCUT2D eigenvalue weighted by Gasteiger charge is 2.50. The number of imidazole rings is 1. The summed E-state index contributed by atoms with van der Waals surface area (Å²) in [5.41, 5.74) is 0.171. The number of aliphatic hydroxyl groups is 1. The number of fused-ring (bicyclic) bond motifs is 2. The summed E-state index contributed by atoms with van der Waals surface area (Å²) in [5.74, 6) is -0.676. The van der Waals surface area contributed by atoms with Crippen molar-refractivity contribution in [3.63, 3.8) is 0 Å². The Morgan fingerprint density at radius 2 is 1.83 bits per heavy atom. The first kappa shape index (κ1) is 27.1. The zero-order valence-corrected chi connectivity index (χ0v) is 22.4. The van der Waals surface area contributed by atoms with E-state index in [4.69, 9.17) is 4.74 Å². The third-order valence-electron chi connectivity index (χ3n) is 7.14. The number of aliphatic hydroxyl groups excluding tert-OH is 1. The summed E-state index contributed by atoms with van der Waals surface area (Å²) in [6, 6.07) is 14.1. The monoisotopic (exact) mass is 587 g/mol. The van der Waals surface area contributed by atoms with E-state index in [-0.39, 0.29) is 47.2 Å². The summed E-state index contributed by atoms with van der Waals surface area (Å²) in [7, 11) is -3.41. The molecule has 1 fully saturated rings. The summed E-state index contributed by atoms with van der Waals surface area (Å²) >= 11 is 0. The highest BCUT2D eigenvalue weighted by molar-refractivity contribution is 7.90. The van der Waals surface area contributed by atoms with Crippen LogP contribution in [-0.2, 0) is 22.1 Å². The number of hydrogen-bond donors (Lipinski definition) is 2. The Balaban J connectivity index is 1.30. The number of benzene rings is 3. The number of nitrogens with one attached hydrogen (secondary N) is 1. The fourth-order valence-electron chi connectivity index (χ4n) is 4.85. The Hall–Kier alpha value is -4.10. The van der Waals surface area contributed by atoms with Gasteiger partial charge in [-0.25, -0.2) is 17.8 Å². The molecule has 1 saturated carbocycles. The fourth-order valence-corrected chi connectivity index (χ4v) is 5.48. The maximum Gasteiger partial charge on any atom is 0.586 e. The number of para-hydroxylation sites is 1. The average molecular weight is 588 g/mol. The normalized spacial score (nSPS) is 17.4. The van der Waals surface area contributed by atoms with Crippen molar-refractivity contribution in [3.05, 3.63) is 83.2 Å². The molecule has 0 radical (unpaired) electrons. The van der Waals surface area contributed by atoms with Gasteiger partial charge in [0.25, 0.3) is 5.91 Å². The zero-order chi connectivity index (χ0) is 29.2. The smallest absolute Gasteiger partial charge is 0.395 e. The highest BCUT2D eigenvalue weighted by atomic mass is 32.2. The quantitative estimate of drug-likeness (QED) is 0.317. The summed E-state index contributed by atoms with van der Waals surface area (Å²) in [5, 5.41) is 12.6. The van der Waals surface area contributed by atoms with E-state index in [1.54, 1.807) is 16.7 Å². The molecular formula is C28H24F3N3O6S. The molecule has 214 valence electrons. The van der Waals surface area contributed by atoms with Gasteiger partial charge in [0.1, 0.15) is 5.82 Å². The molecule has 1 atom stereocenters. The van der Waals surface area contributed by atoms with Crippen LogP contribution in [0.2, 0.25) is 0 Å². The number of amides is 1. The molecule has 0 unspecified atom stereocenters. The minimum absolute atomic E-state index is 0.0261. The summed E-state index contributed by atoms with van der Waals surface area (Å²) < 4.78 is 77.2. The first-order valence-corrected chi connectivity index (χ1v) is 14.6. The second-order valence-corrected chi connectivity index (χ2v) is 12.2. The third kappa shape index (κ3) is 5.10. The standard InChI is InChI=1S/C28H24F3N3O6S/c1-41(37,38)19-8-5-16(6-9-19)21(15-35)32-25(36)17-7-10-22-20(13-17)33-26(27(29)11-12-27)34(22)14-18-3-2-4-23-24(18)40-28(30,31)39-23/h2-10,13,21,35H,11-12,14-15H2,1H3,(H,32,36)/t21-/m0/s1. The summed E-state index contributed by atoms with van der Waals surface area (Å²) in [6.45, 7) is -0.469. The molecule has 0 saturated heterocycles. The van der Waals surface area contributed by atoms with E-state index in [1.807, 2.05) is 0 Å². The van der Waals surface area contributed by atoms with Crippen molar-refractivity contribution in [1.82, 2.24) is 14.9 Å². The summed E-state index contributed by atoms with van der Waals surface area (Å²) in [4.78, 5) is 17.7. The van der Waals surface area contributed by atoms with Crippen LogP contribution in [0.1, 0.15) is 46.2 Å². The molecule has 2 heterocycles. The molecule has 6 rings (SSSR count). The number of sulfone groups is 1. The Labute approximate surface area is 232 Å². The topological polar surface area (TPSA) is 120 Å². The van der Waals surface area contributed by atoms with Crippen molar-refractivity contribution in [1.29, 1.82) is 0 Å². The predicted molar refractivity (Wildman–Crippen MR) is 140 cm³/mol. The highest BCUT2D eigenvalue weighted by Crippen LogP contribution is 2.50. The number of alkyl halides is 3. The first-order valence-electron chi connectivity index (χ1n) is 12.7. The lowest BCUT2D eigenvalue weighted by Crippen LogP contribution is -2.30. The summed E-state index contributed by atoms with van der Waals surface area (Å²) in [6.07, 6.45) is -2.22. The van der Waals surface area contributed by atoms with Gasteiger partial charge in [0.05, 0.1) is 35.1 Å². The van der Waals surface area contributed by atoms with Crippen LogP contribution in [0.5, 0.6) is 11.5 Å². The van der Waals surface area contributed by atoms with Crippen LogP contribution in [0.25, 0.3) is 11.0 Å². The molecule has 0 bridgehead atoms. The molecule has 13 heteroatoms. The maximum absolute atomic E-state index is 15.4. The fraction of sp³-hybridized carbons (Fsp3) is 0.286. The zero-order valence-electron chi connectivity index (χ0n) is 21.6. The molecule has 4 aromatic rings. The molecule has 2 N–H and O–H groups in total. The molecule has 1 aliphatic heterocycles. The Morgan fingerprint density at radius 1 is 1.10 bits per heavy atom. The lowest BCUT2D eigenvalue weighted by Gasteiger charge is -2.17. The predicted octanol–water partition coefficient (Wildman–Crippen LogP) is 4.23. The van der Waals surface area contributed by atoms with Gasteiger partial charge in [-0.2, -0.15) is 0 Å². The molecule has 3 aromatic carbocycles. The van der Waals surface area contributed by atoms with Crippen molar-refractivity contribution in [2.75, 3.05) is 12.9 Å². The molecule has 41 heavy (non-hydrogen) atoms. The molecule has 1 aliphatic carbocycles. The van der Waals surface area contributed by atoms with Gasteiger partial charge in [0, 0.05) is 17.4 Å². The van der Waals surface area contributed by atoms with Crippen LogP contribution >= 0.6 is 0 Å². The molecule has 9 nitrogen and oxygen atoms in total. The van der Waals surface area contributed by atoms with E-state index < -0.39 is 40.4 Å². The minimum Gasteiger partial charge on any atom is -0.395 e. The average Bonchev–Trinajstić information content (AvgIpc) is 3.43. The first-order chi connectivity index (χ1) is 19.4. The minimum atomic E-state index is -3.81. The van der Waals surface area contributed by atoms with Crippen molar-refractivity contribution < 1.29 is 41.0 Å². The number of ether oxygens (including phenoxy) is 2. The van der Waals surface area contributed by atoms with Gasteiger partial charge in [0.2, 0.25) is 0 Å². The van der Waals surface area contributed by atoms with Gasteiger partial charge in [-0.15, -0.1) is 8.78 Å². The van der Waals surface area contributed by atoms with Crippen LogP contribution in [0.4, 0.5) is 13.2 Å². The second kappa shape index (κ2) is 9.48. The number of halogens is 3. The number of carbonyl (C=O) groups is 1. The molecular weight excluding hydrogens is 563 g/mol. The van der Waals surface area contributed by atoms with E-state index in [0.29, 0.717) is 22.2 Å². The van der Waals surface area contributed by atoms with Crippen LogP contribution < -0.4 is 14.8 Å². The van der Waals surface area contributed by atoms with Crippen LogP contribution in [-0.4, -0.2) is 48.1 Å². The van der Waals surface area contributed by atoms with Gasteiger partial charge in [-0.1, -0.05) is 24.3 Å². The van der Waals surface area contributed by atoms with Gasteiger partial charge < -0.3 is 24.5 Å². The molecule has 2 aliphatic rings. The van der Waals surface area contributed by atoms with E-state index in [1.165, 1.54) is 48.5 Å². The Kier molecular flexibility index (Phi) is 6.27. The van der Waals surface area contributed by atoms with Crippen molar-refractivity contribution in [2.45, 2.75) is 42.3 Å². The lowest BCUT2D eigenvalue weighted by molar-refractivity contribution is -0.287. The molecule has 1 amide bonds. The van der Waals surface area contributed by atoms with Crippen LogP contribution in [0.15, 0.2) is 65.6 Å². The van der Waals surface area contributed by atoms with Crippen LogP contribution in [0.3, 0.4) is 0 Å². The lowest BCUT2D eigenvalue weighted by atomic mass is 10.1. The third-order valence-corrected chi connectivity index (χ3v) is 8.27. The Bertz CT molecular complexity index is 1790. The van der Waals surface area contributed by atoms with Crippen molar-refractivity contribution in [2.24, 2.45) is 0 Å². The number of hydrogen-bond acceptors (Lipinski definition) is 7. The number of carbonyl (C=O) groups excluding carboxylic acids is 1. The van der Waals surface area contributed by atoms with E-state index in [0.717, 1.165) is 6.26 Å². The van der Waals surface area contributed by atoms with Gasteiger partial charge >= 0.3 is 6.29 Å². The van der Waals surface area contributed by atoms with Crippen molar-refractivity contribution >= 4 is 26.8 Å². The SMILES string of the molecule is CS(=O)(=O)c1ccc([C@H](CO)NC(=O)c2ccc3c(c2)nc(C2(F)CC2)n3Cc2cccc3c2OC(F)(F)O3)cc1. The number of rotatable bonds is 8. The van der Waals surface area contributed by atoms with E-state index in [2.05, 4.69) is 15.0 Å². The van der Waals surface area contributed by atoms with Crippen LogP contribution in [0, 0.1) is 0 Å². The van der Waals surface area contributed by atoms with Crippen molar-refractivity contribution in [3.8, 4) is 11.5 Å². The largest absolute Gasteiger partial charge is 0.586 e. The van der Waals surface area contributed by atoms with E-state index >= 15 is 4.39 Å². The molecule has 0 spiro atoms. The van der Waals surface area contributed by atoms with Gasteiger partial charge in [-0.3, -0.25) is 4.79 Å². The molecule has 1 aromatic heterocycles. The Morgan fingerprint density at radius 3 is 2.49 bits per heavy atom. The number of aromatic nitrogens is 2. The van der Waals surface area contributed by atoms with Gasteiger partial charge in [0.15, 0.2) is 27.0 Å². The maximum atomic E-state index is 15.4. The number of nitrogens with zero attached hydrogens (tertiary/aromatic N) is 2. The van der Waals surface area contributed by atoms with E-state index in [9.17, 15) is 27.1 Å². The second-order valence-electron chi connectivity index (χ2n) is 10.2.